The van der Waals surface area contributed by atoms with Crippen LogP contribution in [-0.2, 0) is 4.79 Å². The number of nitrogens with one attached hydrogen (secondary N) is 1. The van der Waals surface area contributed by atoms with Crippen LogP contribution in [0.2, 0.25) is 0 Å². The molecule has 0 unspecified atom stereocenters. The van der Waals surface area contributed by atoms with E-state index in [1.165, 1.54) is 0 Å². The van der Waals surface area contributed by atoms with Crippen LogP contribution in [0, 0.1) is 0 Å². The van der Waals surface area contributed by atoms with Crippen molar-refractivity contribution in [2.45, 2.75) is 6.04 Å². The number of aliphatic hydroxyl groups excluding tert-OH is 1. The maximum atomic E-state index is 11.8. The zero-order valence-electron chi connectivity index (χ0n) is 10.3. The molecule has 1 rings (SSSR count). The second kappa shape index (κ2) is 6.02. The molecule has 0 aliphatic carbocycles. The summed E-state index contributed by atoms with van der Waals surface area (Å²) in [6, 6.07) is 5.47. The SMILES string of the molecule is CN(C)c1cccc(C(=O)N[C@@H](CO)C(=O)O)c1. The molecule has 18 heavy (non-hydrogen) atoms. The number of anilines is 1. The van der Waals surface area contributed by atoms with Gasteiger partial charge in [-0.3, -0.25) is 4.79 Å². The lowest BCUT2D eigenvalue weighted by molar-refractivity contribution is -0.140. The van der Waals surface area contributed by atoms with E-state index in [4.69, 9.17) is 10.2 Å². The molecule has 0 saturated heterocycles. The van der Waals surface area contributed by atoms with Gasteiger partial charge in [-0.05, 0) is 18.2 Å². The van der Waals surface area contributed by atoms with Gasteiger partial charge in [0.1, 0.15) is 0 Å². The minimum atomic E-state index is -1.29. The second-order valence-electron chi connectivity index (χ2n) is 3.99. The molecule has 0 heterocycles. The standard InChI is InChI=1S/C12H16N2O4/c1-14(2)9-5-3-4-8(6-9)11(16)13-10(7-15)12(17)18/h3-6,10,15H,7H2,1-2H3,(H,13,16)(H,17,18)/t10-/m0/s1. The van der Waals surface area contributed by atoms with Gasteiger partial charge in [0.15, 0.2) is 6.04 Å². The van der Waals surface area contributed by atoms with Crippen molar-refractivity contribution in [1.29, 1.82) is 0 Å². The van der Waals surface area contributed by atoms with E-state index >= 15 is 0 Å². The Morgan fingerprint density at radius 2 is 2.06 bits per heavy atom. The van der Waals surface area contributed by atoms with Crippen molar-refractivity contribution in [2.75, 3.05) is 25.6 Å². The van der Waals surface area contributed by atoms with Gasteiger partial charge in [0.05, 0.1) is 6.61 Å². The fraction of sp³-hybridized carbons (Fsp3) is 0.333. The van der Waals surface area contributed by atoms with Crippen molar-refractivity contribution in [1.82, 2.24) is 5.32 Å². The molecular formula is C12H16N2O4. The zero-order valence-corrected chi connectivity index (χ0v) is 10.3. The maximum Gasteiger partial charge on any atom is 0.328 e. The molecule has 6 nitrogen and oxygen atoms in total. The summed E-state index contributed by atoms with van der Waals surface area (Å²) in [6.45, 7) is -0.644. The van der Waals surface area contributed by atoms with E-state index in [0.717, 1.165) is 5.69 Å². The van der Waals surface area contributed by atoms with Crippen LogP contribution >= 0.6 is 0 Å². The molecule has 0 aliphatic heterocycles. The van der Waals surface area contributed by atoms with E-state index in [0.29, 0.717) is 5.56 Å². The summed E-state index contributed by atoms with van der Waals surface area (Å²) in [5, 5.41) is 19.8. The lowest BCUT2D eigenvalue weighted by Gasteiger charge is -2.15. The molecule has 0 spiro atoms. The monoisotopic (exact) mass is 252 g/mol. The number of rotatable bonds is 5. The maximum absolute atomic E-state index is 11.8. The fourth-order valence-corrected chi connectivity index (χ4v) is 1.35. The summed E-state index contributed by atoms with van der Waals surface area (Å²) in [6.07, 6.45) is 0. The normalized spacial score (nSPS) is 11.7. The first-order chi connectivity index (χ1) is 8.45. The molecule has 6 heteroatoms. The summed E-state index contributed by atoms with van der Waals surface area (Å²) >= 11 is 0. The van der Waals surface area contributed by atoms with Crippen molar-refractivity contribution in [3.63, 3.8) is 0 Å². The first kappa shape index (κ1) is 14.0. The van der Waals surface area contributed by atoms with Crippen molar-refractivity contribution in [3.8, 4) is 0 Å². The molecular weight excluding hydrogens is 236 g/mol. The molecule has 98 valence electrons. The van der Waals surface area contributed by atoms with Crippen LogP contribution in [0.3, 0.4) is 0 Å². The smallest absolute Gasteiger partial charge is 0.328 e. The Morgan fingerprint density at radius 3 is 2.56 bits per heavy atom. The Balaban J connectivity index is 2.84. The van der Waals surface area contributed by atoms with E-state index in [1.807, 2.05) is 25.1 Å². The van der Waals surface area contributed by atoms with Crippen molar-refractivity contribution in [3.05, 3.63) is 29.8 Å². The van der Waals surface area contributed by atoms with Gasteiger partial charge in [-0.25, -0.2) is 4.79 Å². The number of carboxylic acids is 1. The number of hydrogen-bond acceptors (Lipinski definition) is 4. The van der Waals surface area contributed by atoms with Crippen LogP contribution in [-0.4, -0.2) is 48.8 Å². The van der Waals surface area contributed by atoms with Gasteiger partial charge in [0.2, 0.25) is 0 Å². The Kier molecular flexibility index (Phi) is 4.67. The summed E-state index contributed by atoms with van der Waals surface area (Å²) in [5.41, 5.74) is 1.18. The first-order valence-electron chi connectivity index (χ1n) is 5.37. The number of aliphatic carboxylic acids is 1. The van der Waals surface area contributed by atoms with Crippen LogP contribution < -0.4 is 10.2 Å². The third-order valence-corrected chi connectivity index (χ3v) is 2.41. The molecule has 0 bridgehead atoms. The molecule has 1 aromatic rings. The predicted octanol–water partition coefficient (Wildman–Crippen LogP) is -0.0721. The minimum absolute atomic E-state index is 0.348. The van der Waals surface area contributed by atoms with E-state index in [2.05, 4.69) is 5.32 Å². The molecule has 0 aromatic heterocycles. The highest BCUT2D eigenvalue weighted by Gasteiger charge is 2.19. The van der Waals surface area contributed by atoms with Gasteiger partial charge in [0.25, 0.3) is 5.91 Å². The molecule has 0 radical (unpaired) electrons. The first-order valence-corrected chi connectivity index (χ1v) is 5.37. The van der Waals surface area contributed by atoms with Gasteiger partial charge in [-0.15, -0.1) is 0 Å². The number of carbonyl (C=O) groups excluding carboxylic acids is 1. The Labute approximate surface area is 105 Å². The Hall–Kier alpha value is -2.08. The number of amides is 1. The van der Waals surface area contributed by atoms with Crippen LogP contribution in [0.4, 0.5) is 5.69 Å². The van der Waals surface area contributed by atoms with Gasteiger partial charge < -0.3 is 20.4 Å². The summed E-state index contributed by atoms with van der Waals surface area (Å²) in [4.78, 5) is 24.3. The number of nitrogens with zero attached hydrogens (tertiary/aromatic N) is 1. The van der Waals surface area contributed by atoms with Gasteiger partial charge in [-0.1, -0.05) is 6.07 Å². The van der Waals surface area contributed by atoms with Crippen molar-refractivity contribution < 1.29 is 19.8 Å². The molecule has 1 amide bonds. The van der Waals surface area contributed by atoms with Crippen molar-refractivity contribution in [2.24, 2.45) is 0 Å². The molecule has 0 saturated carbocycles. The highest BCUT2D eigenvalue weighted by molar-refractivity contribution is 5.97. The molecule has 3 N–H and O–H groups in total. The Morgan fingerprint density at radius 1 is 1.39 bits per heavy atom. The predicted molar refractivity (Wildman–Crippen MR) is 66.7 cm³/mol. The quantitative estimate of drug-likeness (QED) is 0.682. The molecule has 0 fully saturated rings. The van der Waals surface area contributed by atoms with E-state index < -0.39 is 24.5 Å². The number of aliphatic hydroxyl groups is 1. The average molecular weight is 252 g/mol. The van der Waals surface area contributed by atoms with Gasteiger partial charge in [0, 0.05) is 25.3 Å². The average Bonchev–Trinajstić information content (AvgIpc) is 2.35. The third-order valence-electron chi connectivity index (χ3n) is 2.41. The van der Waals surface area contributed by atoms with Gasteiger partial charge >= 0.3 is 5.97 Å². The highest BCUT2D eigenvalue weighted by atomic mass is 16.4. The lowest BCUT2D eigenvalue weighted by Crippen LogP contribution is -2.43. The fourth-order valence-electron chi connectivity index (χ4n) is 1.35. The van der Waals surface area contributed by atoms with Gasteiger partial charge in [-0.2, -0.15) is 0 Å². The lowest BCUT2D eigenvalue weighted by atomic mass is 10.1. The molecule has 0 aliphatic rings. The van der Waals surface area contributed by atoms with Crippen LogP contribution in [0.1, 0.15) is 10.4 Å². The summed E-state index contributed by atoms with van der Waals surface area (Å²) < 4.78 is 0. The summed E-state index contributed by atoms with van der Waals surface area (Å²) in [7, 11) is 3.68. The number of carbonyl (C=O) groups is 2. The zero-order chi connectivity index (χ0) is 13.7. The number of hydrogen-bond donors (Lipinski definition) is 3. The van der Waals surface area contributed by atoms with E-state index in [-0.39, 0.29) is 0 Å². The van der Waals surface area contributed by atoms with E-state index in [9.17, 15) is 9.59 Å². The minimum Gasteiger partial charge on any atom is -0.480 e. The molecule has 1 aromatic carbocycles. The molecule has 1 atom stereocenters. The topological polar surface area (TPSA) is 89.9 Å². The van der Waals surface area contributed by atoms with E-state index in [1.54, 1.807) is 18.2 Å². The second-order valence-corrected chi connectivity index (χ2v) is 3.99. The van der Waals surface area contributed by atoms with Crippen LogP contribution in [0.25, 0.3) is 0 Å². The largest absolute Gasteiger partial charge is 0.480 e. The van der Waals surface area contributed by atoms with Crippen molar-refractivity contribution >= 4 is 17.6 Å². The number of benzene rings is 1. The third kappa shape index (κ3) is 3.46. The summed E-state index contributed by atoms with van der Waals surface area (Å²) in [5.74, 6) is -1.80. The van der Waals surface area contributed by atoms with Crippen LogP contribution in [0.5, 0.6) is 0 Å². The Bertz CT molecular complexity index is 445. The number of carboxylic acid groups (broad SMARTS) is 1. The van der Waals surface area contributed by atoms with Crippen LogP contribution in [0.15, 0.2) is 24.3 Å². The highest BCUT2D eigenvalue weighted by Crippen LogP contribution is 2.13.